The van der Waals surface area contributed by atoms with Crippen LogP contribution in [0.2, 0.25) is 0 Å². The molecule has 0 saturated carbocycles. The van der Waals surface area contributed by atoms with Crippen LogP contribution in [-0.2, 0) is 13.0 Å². The van der Waals surface area contributed by atoms with E-state index in [0.717, 1.165) is 12.0 Å². The zero-order chi connectivity index (χ0) is 18.2. The summed E-state index contributed by atoms with van der Waals surface area (Å²) in [6.45, 7) is 3.28. The highest BCUT2D eigenvalue weighted by Crippen LogP contribution is 2.06. The Morgan fingerprint density at radius 1 is 0.923 bits per heavy atom. The average Bonchev–Trinajstić information content (AvgIpc) is 2.69. The van der Waals surface area contributed by atoms with Crippen LogP contribution >= 0.6 is 0 Å². The van der Waals surface area contributed by atoms with Gasteiger partial charge in [-0.25, -0.2) is 9.97 Å². The molecule has 2 N–H and O–H groups in total. The molecule has 2 aromatic carbocycles. The van der Waals surface area contributed by atoms with E-state index in [2.05, 4.69) is 51.8 Å². The number of nitrogens with one attached hydrogen (secondary N) is 2. The van der Waals surface area contributed by atoms with E-state index >= 15 is 0 Å². The Labute approximate surface area is 153 Å². The normalized spacial score (nSPS) is 10.3. The second-order valence-corrected chi connectivity index (χ2v) is 6.13. The first kappa shape index (κ1) is 17.6. The van der Waals surface area contributed by atoms with Gasteiger partial charge >= 0.3 is 0 Å². The third-order valence-corrected chi connectivity index (χ3v) is 4.03. The highest BCUT2D eigenvalue weighted by atomic mass is 16.1. The smallest absolute Gasteiger partial charge is 0.254 e. The number of carbonyl (C=O) groups is 1. The number of anilines is 1. The molecule has 3 aromatic rings. The van der Waals surface area contributed by atoms with E-state index in [1.165, 1.54) is 11.1 Å². The summed E-state index contributed by atoms with van der Waals surface area (Å²) in [7, 11) is 0. The van der Waals surface area contributed by atoms with Crippen LogP contribution in [0.3, 0.4) is 0 Å². The van der Waals surface area contributed by atoms with Gasteiger partial charge in [0.25, 0.3) is 5.91 Å². The number of amides is 1. The summed E-state index contributed by atoms with van der Waals surface area (Å²) < 4.78 is 0. The van der Waals surface area contributed by atoms with Gasteiger partial charge in [0.05, 0.1) is 5.56 Å². The van der Waals surface area contributed by atoms with Gasteiger partial charge in [0.2, 0.25) is 5.95 Å². The van der Waals surface area contributed by atoms with Crippen LogP contribution in [0.4, 0.5) is 5.95 Å². The van der Waals surface area contributed by atoms with E-state index in [4.69, 9.17) is 0 Å². The van der Waals surface area contributed by atoms with Gasteiger partial charge in [0, 0.05) is 25.5 Å². The Bertz CT molecular complexity index is 830. The molecule has 132 valence electrons. The van der Waals surface area contributed by atoms with Crippen molar-refractivity contribution < 1.29 is 4.79 Å². The first-order valence-electron chi connectivity index (χ1n) is 8.64. The van der Waals surface area contributed by atoms with Crippen molar-refractivity contribution in [2.45, 2.75) is 19.9 Å². The molecule has 1 aromatic heterocycles. The third kappa shape index (κ3) is 5.14. The van der Waals surface area contributed by atoms with Crippen molar-refractivity contribution in [2.75, 3.05) is 11.9 Å². The van der Waals surface area contributed by atoms with Crippen LogP contribution in [0.25, 0.3) is 0 Å². The lowest BCUT2D eigenvalue weighted by Gasteiger charge is -2.07. The summed E-state index contributed by atoms with van der Waals surface area (Å²) in [6, 6.07) is 18.3. The first-order chi connectivity index (χ1) is 12.7. The standard InChI is InChI=1S/C21H22N4O/c1-16-7-9-18(10-8-16)13-23-21-24-14-19(15-25-21)20(26)22-12-11-17-5-3-2-4-6-17/h2-10,14-15H,11-13H2,1H3,(H,22,26)(H,23,24,25). The number of rotatable bonds is 7. The minimum atomic E-state index is -0.161. The Morgan fingerprint density at radius 2 is 1.62 bits per heavy atom. The van der Waals surface area contributed by atoms with E-state index < -0.39 is 0 Å². The molecule has 3 rings (SSSR count). The molecule has 5 nitrogen and oxygen atoms in total. The minimum Gasteiger partial charge on any atom is -0.352 e. The molecule has 0 bridgehead atoms. The van der Waals surface area contributed by atoms with Gasteiger partial charge in [-0.2, -0.15) is 0 Å². The van der Waals surface area contributed by atoms with E-state index in [1.807, 2.05) is 30.3 Å². The van der Waals surface area contributed by atoms with E-state index in [0.29, 0.717) is 24.6 Å². The van der Waals surface area contributed by atoms with Crippen LogP contribution in [-0.4, -0.2) is 22.4 Å². The molecule has 1 amide bonds. The molecule has 0 aliphatic carbocycles. The average molecular weight is 346 g/mol. The molecule has 26 heavy (non-hydrogen) atoms. The van der Waals surface area contributed by atoms with Crippen molar-refractivity contribution in [3.8, 4) is 0 Å². The number of benzene rings is 2. The number of carbonyl (C=O) groups excluding carboxylic acids is 1. The number of hydrogen-bond donors (Lipinski definition) is 2. The Hall–Kier alpha value is -3.21. The van der Waals surface area contributed by atoms with Crippen LogP contribution in [0.15, 0.2) is 67.0 Å². The lowest BCUT2D eigenvalue weighted by atomic mass is 10.1. The van der Waals surface area contributed by atoms with Gasteiger partial charge in [0.1, 0.15) is 0 Å². The first-order valence-corrected chi connectivity index (χ1v) is 8.64. The second-order valence-electron chi connectivity index (χ2n) is 6.13. The molecule has 5 heteroatoms. The monoisotopic (exact) mass is 346 g/mol. The number of aryl methyl sites for hydroxylation is 1. The van der Waals surface area contributed by atoms with Gasteiger partial charge in [0.15, 0.2) is 0 Å². The number of nitrogens with zero attached hydrogens (tertiary/aromatic N) is 2. The Morgan fingerprint density at radius 3 is 2.31 bits per heavy atom. The molecule has 0 spiro atoms. The molecule has 0 aliphatic heterocycles. The molecule has 0 aliphatic rings. The Kier molecular flexibility index (Phi) is 5.93. The van der Waals surface area contributed by atoms with E-state index in [-0.39, 0.29) is 5.91 Å². The zero-order valence-corrected chi connectivity index (χ0v) is 14.8. The molecule has 1 heterocycles. The summed E-state index contributed by atoms with van der Waals surface area (Å²) >= 11 is 0. The van der Waals surface area contributed by atoms with Crippen molar-refractivity contribution in [3.05, 3.63) is 89.2 Å². The maximum Gasteiger partial charge on any atom is 0.254 e. The van der Waals surface area contributed by atoms with Gasteiger partial charge in [-0.1, -0.05) is 60.2 Å². The lowest BCUT2D eigenvalue weighted by molar-refractivity contribution is 0.0953. The maximum atomic E-state index is 12.1. The second kappa shape index (κ2) is 8.76. The molecule has 0 atom stereocenters. The lowest BCUT2D eigenvalue weighted by Crippen LogP contribution is -2.26. The SMILES string of the molecule is Cc1ccc(CNc2ncc(C(=O)NCCc3ccccc3)cn2)cc1. The molecule has 0 unspecified atom stereocenters. The summed E-state index contributed by atoms with van der Waals surface area (Å²) in [5, 5.41) is 6.05. The minimum absolute atomic E-state index is 0.161. The van der Waals surface area contributed by atoms with Crippen molar-refractivity contribution in [2.24, 2.45) is 0 Å². The van der Waals surface area contributed by atoms with Gasteiger partial charge in [-0.3, -0.25) is 4.79 Å². The molecule has 0 fully saturated rings. The van der Waals surface area contributed by atoms with Crippen molar-refractivity contribution in [1.82, 2.24) is 15.3 Å². The van der Waals surface area contributed by atoms with E-state index in [1.54, 1.807) is 12.4 Å². The summed E-state index contributed by atoms with van der Waals surface area (Å²) in [6.07, 6.45) is 3.88. The summed E-state index contributed by atoms with van der Waals surface area (Å²) in [5.74, 6) is 0.345. The topological polar surface area (TPSA) is 66.9 Å². The zero-order valence-electron chi connectivity index (χ0n) is 14.8. The van der Waals surface area contributed by atoms with Crippen molar-refractivity contribution >= 4 is 11.9 Å². The van der Waals surface area contributed by atoms with Gasteiger partial charge in [-0.05, 0) is 24.5 Å². The molecular formula is C21H22N4O. The molecular weight excluding hydrogens is 324 g/mol. The van der Waals surface area contributed by atoms with Gasteiger partial charge < -0.3 is 10.6 Å². The predicted molar refractivity (Wildman–Crippen MR) is 103 cm³/mol. The fraction of sp³-hybridized carbons (Fsp3) is 0.190. The fourth-order valence-corrected chi connectivity index (χ4v) is 2.49. The quantitative estimate of drug-likeness (QED) is 0.688. The van der Waals surface area contributed by atoms with Crippen LogP contribution in [0, 0.1) is 6.92 Å². The van der Waals surface area contributed by atoms with Gasteiger partial charge in [-0.15, -0.1) is 0 Å². The summed E-state index contributed by atoms with van der Waals surface area (Å²) in [4.78, 5) is 20.6. The Balaban J connectivity index is 1.47. The van der Waals surface area contributed by atoms with Crippen molar-refractivity contribution in [3.63, 3.8) is 0 Å². The summed E-state index contributed by atoms with van der Waals surface area (Å²) in [5.41, 5.74) is 4.04. The van der Waals surface area contributed by atoms with Crippen LogP contribution < -0.4 is 10.6 Å². The largest absolute Gasteiger partial charge is 0.352 e. The maximum absolute atomic E-state index is 12.1. The van der Waals surface area contributed by atoms with Crippen LogP contribution in [0.1, 0.15) is 27.0 Å². The highest BCUT2D eigenvalue weighted by molar-refractivity contribution is 5.93. The fourth-order valence-electron chi connectivity index (χ4n) is 2.49. The predicted octanol–water partition coefficient (Wildman–Crippen LogP) is 3.37. The van der Waals surface area contributed by atoms with E-state index in [9.17, 15) is 4.79 Å². The third-order valence-electron chi connectivity index (χ3n) is 4.03. The van der Waals surface area contributed by atoms with Crippen molar-refractivity contribution in [1.29, 1.82) is 0 Å². The number of hydrogen-bond acceptors (Lipinski definition) is 4. The van der Waals surface area contributed by atoms with Crippen LogP contribution in [0.5, 0.6) is 0 Å². The highest BCUT2D eigenvalue weighted by Gasteiger charge is 2.06. The number of aromatic nitrogens is 2. The molecule has 0 saturated heterocycles. The molecule has 0 radical (unpaired) electrons.